The number of aromatic nitrogens is 2. The summed E-state index contributed by atoms with van der Waals surface area (Å²) < 4.78 is 40.8. The van der Waals surface area contributed by atoms with Crippen molar-refractivity contribution in [1.29, 1.82) is 0 Å². The fourth-order valence-corrected chi connectivity index (χ4v) is 8.65. The Morgan fingerprint density at radius 2 is 1.90 bits per heavy atom. The summed E-state index contributed by atoms with van der Waals surface area (Å²) in [5.41, 5.74) is 3.54. The van der Waals surface area contributed by atoms with Crippen LogP contribution < -0.4 is 5.32 Å². The van der Waals surface area contributed by atoms with E-state index in [0.29, 0.717) is 18.2 Å². The molecule has 1 fully saturated rings. The minimum absolute atomic E-state index is 0.0722. The normalized spacial score (nSPS) is 20.2. The molecule has 1 atom stereocenters. The van der Waals surface area contributed by atoms with Crippen molar-refractivity contribution in [2.45, 2.75) is 48.4 Å². The van der Waals surface area contributed by atoms with E-state index >= 15 is 0 Å². The number of carbonyl (C=O) groups excluding carboxylic acids is 1. The van der Waals surface area contributed by atoms with Gasteiger partial charge in [-0.15, -0.1) is 0 Å². The predicted octanol–water partition coefficient (Wildman–Crippen LogP) is 5.29. The van der Waals surface area contributed by atoms with Crippen LogP contribution in [0, 0.1) is 11.8 Å². The van der Waals surface area contributed by atoms with E-state index in [4.69, 9.17) is 0 Å². The van der Waals surface area contributed by atoms with Crippen LogP contribution in [0.1, 0.15) is 36.9 Å². The molecule has 10 heteroatoms. The molecule has 0 spiro atoms. The van der Waals surface area contributed by atoms with Gasteiger partial charge in [-0.1, -0.05) is 24.3 Å². The van der Waals surface area contributed by atoms with Crippen molar-refractivity contribution in [2.75, 3.05) is 5.75 Å². The summed E-state index contributed by atoms with van der Waals surface area (Å²) in [6.07, 6.45) is 14.9. The van der Waals surface area contributed by atoms with E-state index in [1.54, 1.807) is 24.4 Å². The van der Waals surface area contributed by atoms with Crippen LogP contribution >= 0.6 is 15.9 Å². The number of rotatable bonds is 9. The number of pyridine rings is 1. The van der Waals surface area contributed by atoms with Gasteiger partial charge in [0.1, 0.15) is 5.82 Å². The van der Waals surface area contributed by atoms with Crippen molar-refractivity contribution in [3.8, 4) is 0 Å². The molecule has 0 amide bonds. The van der Waals surface area contributed by atoms with Gasteiger partial charge in [0.05, 0.1) is 20.6 Å². The summed E-state index contributed by atoms with van der Waals surface area (Å²) in [7, 11) is -5.59. The molecule has 5 rings (SSSR count). The van der Waals surface area contributed by atoms with Crippen LogP contribution in [0.4, 0.5) is 0 Å². The molecular formula is C29H30BrN3O4S2. The molecule has 7 nitrogen and oxygen atoms in total. The van der Waals surface area contributed by atoms with Gasteiger partial charge in [-0.3, -0.25) is 14.0 Å². The lowest BCUT2D eigenvalue weighted by Crippen LogP contribution is -2.22. The van der Waals surface area contributed by atoms with Gasteiger partial charge in [-0.25, -0.2) is 8.42 Å². The minimum Gasteiger partial charge on any atom is -0.367 e. The van der Waals surface area contributed by atoms with E-state index in [9.17, 15) is 17.4 Å². The van der Waals surface area contributed by atoms with Crippen LogP contribution in [-0.2, 0) is 38.4 Å². The van der Waals surface area contributed by atoms with Crippen molar-refractivity contribution < 1.29 is 17.4 Å². The fraction of sp³-hybridized carbons (Fsp3) is 0.310. The summed E-state index contributed by atoms with van der Waals surface area (Å²) in [6, 6.07) is 12.2. The lowest BCUT2D eigenvalue weighted by molar-refractivity contribution is 0.326. The molecule has 0 bridgehead atoms. The van der Waals surface area contributed by atoms with Crippen LogP contribution in [0.2, 0.25) is 0 Å². The molecule has 2 aliphatic rings. The van der Waals surface area contributed by atoms with Gasteiger partial charge >= 0.3 is 0 Å². The molecule has 0 saturated heterocycles. The number of hydrogen-bond donors (Lipinski definition) is 1. The van der Waals surface area contributed by atoms with E-state index in [1.807, 2.05) is 12.3 Å². The Bertz CT molecular complexity index is 1540. The lowest BCUT2D eigenvalue weighted by atomic mass is 9.78. The summed E-state index contributed by atoms with van der Waals surface area (Å²) in [4.78, 5) is 15.4. The van der Waals surface area contributed by atoms with Crippen molar-refractivity contribution in [3.05, 3.63) is 94.5 Å². The SMILES string of the molecule is O=CS(=O)(=O)c1ccccc1S(=O)CC1CCC(C2=CCc3c(Br)ccn3C(NCc3cccnc3)=C2)CC1. The highest BCUT2D eigenvalue weighted by Crippen LogP contribution is 2.37. The third kappa shape index (κ3) is 6.34. The second-order valence-corrected chi connectivity index (χ2v) is 14.0. The number of nitrogens with one attached hydrogen (secondary N) is 1. The number of benzene rings is 1. The second kappa shape index (κ2) is 12.1. The maximum Gasteiger partial charge on any atom is 0.238 e. The molecule has 2 aromatic heterocycles. The van der Waals surface area contributed by atoms with E-state index in [1.165, 1.54) is 17.3 Å². The molecule has 1 aromatic carbocycles. The van der Waals surface area contributed by atoms with Gasteiger partial charge in [0.2, 0.25) is 15.5 Å². The van der Waals surface area contributed by atoms with Gasteiger partial charge < -0.3 is 9.88 Å². The Kier molecular flexibility index (Phi) is 8.64. The van der Waals surface area contributed by atoms with Crippen molar-refractivity contribution >= 4 is 48.0 Å². The standard InChI is InChI=1S/C29H30BrN3O4S2/c30-25-13-15-33-26(25)12-11-24(16-29(33)32-18-22-4-3-14-31-17-22)23-9-7-21(8-10-23)19-38(35)27-5-1-2-6-28(27)39(36,37)20-34/h1-6,11,13-17,20-21,23,32H,7-10,12,18-19H2. The van der Waals surface area contributed by atoms with Gasteiger partial charge in [0.15, 0.2) is 0 Å². The van der Waals surface area contributed by atoms with Crippen LogP contribution in [-0.4, -0.2) is 33.5 Å². The molecule has 1 unspecified atom stereocenters. The maximum atomic E-state index is 13.2. The quantitative estimate of drug-likeness (QED) is 0.324. The molecule has 204 valence electrons. The average molecular weight is 629 g/mol. The zero-order valence-electron chi connectivity index (χ0n) is 21.3. The Morgan fingerprint density at radius 3 is 2.64 bits per heavy atom. The third-order valence-corrected chi connectivity index (χ3v) is 11.2. The van der Waals surface area contributed by atoms with Gasteiger partial charge in [-0.05, 0) is 94.9 Å². The Hall–Kier alpha value is -2.82. The molecule has 1 aliphatic heterocycles. The zero-order chi connectivity index (χ0) is 27.4. The van der Waals surface area contributed by atoms with E-state index < -0.39 is 20.6 Å². The van der Waals surface area contributed by atoms with Crippen molar-refractivity contribution in [2.24, 2.45) is 11.8 Å². The van der Waals surface area contributed by atoms with Crippen LogP contribution in [0.3, 0.4) is 0 Å². The molecule has 1 aliphatic carbocycles. The average Bonchev–Trinajstić information content (AvgIpc) is 3.22. The fourth-order valence-electron chi connectivity index (χ4n) is 5.37. The molecule has 39 heavy (non-hydrogen) atoms. The number of halogens is 1. The van der Waals surface area contributed by atoms with Gasteiger partial charge in [0, 0.05) is 47.5 Å². The highest BCUT2D eigenvalue weighted by Gasteiger charge is 2.28. The lowest BCUT2D eigenvalue weighted by Gasteiger charge is -2.29. The van der Waals surface area contributed by atoms with Gasteiger partial charge in [0.25, 0.3) is 0 Å². The number of nitrogens with zero attached hydrogens (tertiary/aromatic N) is 2. The first-order valence-corrected chi connectivity index (χ1v) is 16.6. The predicted molar refractivity (Wildman–Crippen MR) is 156 cm³/mol. The monoisotopic (exact) mass is 627 g/mol. The number of fused-ring (bicyclic) bond motifs is 1. The van der Waals surface area contributed by atoms with E-state index in [2.05, 4.69) is 61.3 Å². The molecule has 3 aromatic rings. The van der Waals surface area contributed by atoms with E-state index in [-0.39, 0.29) is 21.3 Å². The number of allylic oxidation sites excluding steroid dienone is 3. The molecule has 3 heterocycles. The highest BCUT2D eigenvalue weighted by atomic mass is 79.9. The smallest absolute Gasteiger partial charge is 0.238 e. The van der Waals surface area contributed by atoms with Crippen LogP contribution in [0.25, 0.3) is 5.82 Å². The Labute approximate surface area is 239 Å². The number of hydrogen-bond acceptors (Lipinski definition) is 6. The Morgan fingerprint density at radius 1 is 1.10 bits per heavy atom. The summed E-state index contributed by atoms with van der Waals surface area (Å²) in [5.74, 6) is 2.05. The molecular weight excluding hydrogens is 598 g/mol. The topological polar surface area (TPSA) is 98.1 Å². The van der Waals surface area contributed by atoms with Gasteiger partial charge in [-0.2, -0.15) is 0 Å². The summed E-state index contributed by atoms with van der Waals surface area (Å²) >= 11 is 3.70. The second-order valence-electron chi connectivity index (χ2n) is 9.95. The Balaban J connectivity index is 1.27. The highest BCUT2D eigenvalue weighted by molar-refractivity contribution is 9.10. The maximum absolute atomic E-state index is 13.2. The number of carbonyl (C=O) groups is 1. The first kappa shape index (κ1) is 27.7. The zero-order valence-corrected chi connectivity index (χ0v) is 24.6. The molecule has 1 saturated carbocycles. The van der Waals surface area contributed by atoms with Crippen molar-refractivity contribution in [3.63, 3.8) is 0 Å². The molecule has 1 N–H and O–H groups in total. The third-order valence-electron chi connectivity index (χ3n) is 7.46. The molecule has 0 radical (unpaired) electrons. The van der Waals surface area contributed by atoms with Crippen LogP contribution in [0.5, 0.6) is 0 Å². The minimum atomic E-state index is -4.09. The first-order chi connectivity index (χ1) is 18.9. The largest absolute Gasteiger partial charge is 0.367 e. The number of sulfone groups is 1. The summed E-state index contributed by atoms with van der Waals surface area (Å²) in [5, 5.41) is 3.60. The summed E-state index contributed by atoms with van der Waals surface area (Å²) in [6.45, 7) is 0.669. The van der Waals surface area contributed by atoms with Crippen LogP contribution in [0.15, 0.2) is 93.0 Å². The first-order valence-electron chi connectivity index (χ1n) is 12.9. The van der Waals surface area contributed by atoms with Crippen molar-refractivity contribution in [1.82, 2.24) is 14.9 Å². The van der Waals surface area contributed by atoms with E-state index in [0.717, 1.165) is 48.0 Å².